The van der Waals surface area contributed by atoms with Crippen LogP contribution in [0.3, 0.4) is 0 Å². The van der Waals surface area contributed by atoms with Crippen molar-refractivity contribution in [1.82, 2.24) is 9.97 Å². The highest BCUT2D eigenvalue weighted by Gasteiger charge is 2.35. The fraction of sp³-hybridized carbons (Fsp3) is 0.111. The lowest BCUT2D eigenvalue weighted by Gasteiger charge is -2.27. The number of aromatic nitrogens is 2. The maximum absolute atomic E-state index is 13.5. The molecule has 0 amide bonds. The monoisotopic (exact) mass is 344 g/mol. The van der Waals surface area contributed by atoms with E-state index in [1.54, 1.807) is 36.4 Å². The molecule has 0 atom stereocenters. The summed E-state index contributed by atoms with van der Waals surface area (Å²) >= 11 is 0. The Balaban J connectivity index is 2.19. The fourth-order valence-corrected chi connectivity index (χ4v) is 2.50. The van der Waals surface area contributed by atoms with Gasteiger partial charge in [-0.1, -0.05) is 24.3 Å². The minimum atomic E-state index is -4.49. The van der Waals surface area contributed by atoms with E-state index in [-0.39, 0.29) is 5.69 Å². The Morgan fingerprint density at radius 2 is 1.68 bits per heavy atom. The fourth-order valence-electron chi connectivity index (χ4n) is 2.50. The van der Waals surface area contributed by atoms with E-state index < -0.39 is 11.7 Å². The number of nitrogens with zero attached hydrogens (tertiary/aromatic N) is 3. The number of hydrogen-bond donors (Lipinski definition) is 1. The van der Waals surface area contributed by atoms with E-state index in [0.717, 1.165) is 11.6 Å². The molecule has 0 bridgehead atoms. The highest BCUT2D eigenvalue weighted by atomic mass is 19.4. The summed E-state index contributed by atoms with van der Waals surface area (Å²) in [6.45, 7) is 0.354. The molecule has 0 aliphatic heterocycles. The van der Waals surface area contributed by atoms with Gasteiger partial charge in [0.1, 0.15) is 12.1 Å². The van der Waals surface area contributed by atoms with Crippen LogP contribution in [0.1, 0.15) is 11.1 Å². The van der Waals surface area contributed by atoms with Crippen LogP contribution in [-0.2, 0) is 12.7 Å². The molecular formula is C18H15F3N4. The second-order valence-electron chi connectivity index (χ2n) is 5.29. The lowest BCUT2D eigenvalue weighted by atomic mass is 10.1. The van der Waals surface area contributed by atoms with Crippen molar-refractivity contribution in [2.24, 2.45) is 5.73 Å². The van der Waals surface area contributed by atoms with Gasteiger partial charge in [0.15, 0.2) is 0 Å². The summed E-state index contributed by atoms with van der Waals surface area (Å²) in [6, 6.07) is 14.0. The number of benzene rings is 2. The first-order valence-electron chi connectivity index (χ1n) is 7.52. The maximum atomic E-state index is 13.5. The summed E-state index contributed by atoms with van der Waals surface area (Å²) in [5.74, 6) is 0.340. The van der Waals surface area contributed by atoms with Gasteiger partial charge < -0.3 is 5.73 Å². The maximum Gasteiger partial charge on any atom is 0.418 e. The molecule has 1 heterocycles. The lowest BCUT2D eigenvalue weighted by molar-refractivity contribution is -0.137. The molecule has 0 saturated heterocycles. The average molecular weight is 344 g/mol. The van der Waals surface area contributed by atoms with E-state index in [1.807, 2.05) is 0 Å². The first-order chi connectivity index (χ1) is 12.0. The molecule has 3 aromatic rings. The van der Waals surface area contributed by atoms with Crippen LogP contribution in [0.5, 0.6) is 0 Å². The molecule has 0 aliphatic rings. The Labute approximate surface area is 142 Å². The third kappa shape index (κ3) is 3.61. The van der Waals surface area contributed by atoms with Crippen molar-refractivity contribution in [2.75, 3.05) is 4.90 Å². The summed E-state index contributed by atoms with van der Waals surface area (Å²) < 4.78 is 40.4. The number of rotatable bonds is 4. The van der Waals surface area contributed by atoms with E-state index in [9.17, 15) is 13.2 Å². The van der Waals surface area contributed by atoms with Crippen molar-refractivity contribution in [3.05, 3.63) is 78.2 Å². The zero-order chi connectivity index (χ0) is 17.9. The van der Waals surface area contributed by atoms with Gasteiger partial charge in [-0.25, -0.2) is 9.97 Å². The number of nitrogens with two attached hydrogens (primary N) is 1. The number of halogens is 3. The summed E-state index contributed by atoms with van der Waals surface area (Å²) in [7, 11) is 0. The molecule has 0 radical (unpaired) electrons. The van der Waals surface area contributed by atoms with Crippen molar-refractivity contribution in [2.45, 2.75) is 12.7 Å². The molecule has 7 heteroatoms. The topological polar surface area (TPSA) is 55.0 Å². The van der Waals surface area contributed by atoms with Crippen molar-refractivity contribution in [3.8, 4) is 0 Å². The van der Waals surface area contributed by atoms with Gasteiger partial charge in [0.25, 0.3) is 0 Å². The molecule has 0 saturated carbocycles. The Bertz CT molecular complexity index is 833. The van der Waals surface area contributed by atoms with Gasteiger partial charge in [-0.05, 0) is 35.9 Å². The average Bonchev–Trinajstić information content (AvgIpc) is 2.63. The van der Waals surface area contributed by atoms with Crippen LogP contribution in [0.4, 0.5) is 30.4 Å². The van der Waals surface area contributed by atoms with Crippen LogP contribution >= 0.6 is 0 Å². The molecule has 0 fully saturated rings. The third-order valence-corrected chi connectivity index (χ3v) is 3.68. The zero-order valence-electron chi connectivity index (χ0n) is 13.1. The van der Waals surface area contributed by atoms with Crippen LogP contribution in [0.2, 0.25) is 0 Å². The van der Waals surface area contributed by atoms with Gasteiger partial charge >= 0.3 is 6.18 Å². The largest absolute Gasteiger partial charge is 0.418 e. The molecule has 2 aromatic carbocycles. The first kappa shape index (κ1) is 16.9. The minimum absolute atomic E-state index is 0.00537. The summed E-state index contributed by atoms with van der Waals surface area (Å²) in [5.41, 5.74) is 6.29. The smallest absolute Gasteiger partial charge is 0.326 e. The molecule has 128 valence electrons. The van der Waals surface area contributed by atoms with E-state index in [4.69, 9.17) is 5.73 Å². The van der Waals surface area contributed by atoms with E-state index in [2.05, 4.69) is 9.97 Å². The van der Waals surface area contributed by atoms with Crippen molar-refractivity contribution in [3.63, 3.8) is 0 Å². The summed E-state index contributed by atoms with van der Waals surface area (Å²) in [6.07, 6.45) is -1.70. The Kier molecular flexibility index (Phi) is 4.67. The quantitative estimate of drug-likeness (QED) is 0.761. The molecule has 0 spiro atoms. The SMILES string of the molecule is NCc1ccc(N(c2ccncn2)c2ccccc2C(F)(F)F)cc1. The van der Waals surface area contributed by atoms with Crippen molar-refractivity contribution < 1.29 is 13.2 Å². The normalized spacial score (nSPS) is 11.4. The second-order valence-corrected chi connectivity index (χ2v) is 5.29. The highest BCUT2D eigenvalue weighted by Crippen LogP contribution is 2.42. The molecule has 3 rings (SSSR count). The minimum Gasteiger partial charge on any atom is -0.326 e. The van der Waals surface area contributed by atoms with Crippen LogP contribution in [0, 0.1) is 0 Å². The Morgan fingerprint density at radius 3 is 2.28 bits per heavy atom. The van der Waals surface area contributed by atoms with Gasteiger partial charge in [-0.2, -0.15) is 13.2 Å². The predicted molar refractivity (Wildman–Crippen MR) is 89.6 cm³/mol. The van der Waals surface area contributed by atoms with Gasteiger partial charge in [0.05, 0.1) is 11.3 Å². The molecular weight excluding hydrogens is 329 g/mol. The first-order valence-corrected chi connectivity index (χ1v) is 7.52. The van der Waals surface area contributed by atoms with Crippen LogP contribution in [-0.4, -0.2) is 9.97 Å². The second kappa shape index (κ2) is 6.90. The van der Waals surface area contributed by atoms with Crippen molar-refractivity contribution >= 4 is 17.2 Å². The Hall–Kier alpha value is -2.93. The lowest BCUT2D eigenvalue weighted by Crippen LogP contribution is -2.17. The zero-order valence-corrected chi connectivity index (χ0v) is 13.1. The van der Waals surface area contributed by atoms with Crippen molar-refractivity contribution in [1.29, 1.82) is 0 Å². The molecule has 4 nitrogen and oxygen atoms in total. The van der Waals surface area contributed by atoms with E-state index in [0.29, 0.717) is 18.1 Å². The van der Waals surface area contributed by atoms with Gasteiger partial charge in [0.2, 0.25) is 0 Å². The summed E-state index contributed by atoms with van der Waals surface area (Å²) in [5, 5.41) is 0. The van der Waals surface area contributed by atoms with Crippen LogP contribution in [0.15, 0.2) is 67.1 Å². The molecule has 0 unspecified atom stereocenters. The number of para-hydroxylation sites is 1. The van der Waals surface area contributed by atoms with E-state index >= 15 is 0 Å². The van der Waals surface area contributed by atoms with Gasteiger partial charge in [-0.3, -0.25) is 4.90 Å². The molecule has 1 aromatic heterocycles. The number of alkyl halides is 3. The number of anilines is 3. The van der Waals surface area contributed by atoms with E-state index in [1.165, 1.54) is 29.6 Å². The molecule has 25 heavy (non-hydrogen) atoms. The standard InChI is InChI=1S/C18H15F3N4/c19-18(20,21)15-3-1-2-4-16(15)25(17-9-10-23-12-24-17)14-7-5-13(11-22)6-8-14/h1-10,12H,11,22H2. The van der Waals surface area contributed by atoms with Gasteiger partial charge in [-0.15, -0.1) is 0 Å². The third-order valence-electron chi connectivity index (χ3n) is 3.68. The Morgan fingerprint density at radius 1 is 0.960 bits per heavy atom. The number of hydrogen-bond acceptors (Lipinski definition) is 4. The predicted octanol–water partition coefficient (Wildman–Crippen LogP) is 4.42. The highest BCUT2D eigenvalue weighted by molar-refractivity contribution is 5.76. The summed E-state index contributed by atoms with van der Waals surface area (Å²) in [4.78, 5) is 9.41. The molecule has 0 aliphatic carbocycles. The van der Waals surface area contributed by atoms with Gasteiger partial charge in [0, 0.05) is 18.4 Å². The van der Waals surface area contributed by atoms with Crippen LogP contribution in [0.25, 0.3) is 0 Å². The molecule has 2 N–H and O–H groups in total. The van der Waals surface area contributed by atoms with Crippen LogP contribution < -0.4 is 10.6 Å².